The number of likely N-dealkylation sites (tertiary alicyclic amines) is 1. The lowest BCUT2D eigenvalue weighted by molar-refractivity contribution is 0.0252. The van der Waals surface area contributed by atoms with Crippen LogP contribution in [-0.2, 0) is 23.2 Å². The lowest BCUT2D eigenvalue weighted by Crippen LogP contribution is -2.59. The van der Waals surface area contributed by atoms with Crippen molar-refractivity contribution in [3.8, 4) is 0 Å². The zero-order valence-corrected chi connectivity index (χ0v) is 21.8. The van der Waals surface area contributed by atoms with E-state index in [4.69, 9.17) is 4.74 Å². The smallest absolute Gasteiger partial charge is 0.184 e. The molecule has 5 heteroatoms. The highest BCUT2D eigenvalue weighted by atomic mass is 35.5. The van der Waals surface area contributed by atoms with Crippen LogP contribution in [0.15, 0.2) is 66.0 Å². The first-order valence-corrected chi connectivity index (χ1v) is 13.7. The number of hydrogen-bond acceptors (Lipinski definition) is 4. The summed E-state index contributed by atoms with van der Waals surface area (Å²) in [4.78, 5) is 17.6. The maximum absolute atomic E-state index is 13.7. The number of halogens is 1. The number of piperidine rings is 1. The van der Waals surface area contributed by atoms with Crippen molar-refractivity contribution < 1.29 is 9.53 Å². The topological polar surface area (TPSA) is 29.5 Å². The molecule has 0 amide bonds. The van der Waals surface area contributed by atoms with Gasteiger partial charge in [0.1, 0.15) is 0 Å². The molecular weight excluding hydrogens is 474 g/mol. The lowest BCUT2D eigenvalue weighted by Gasteiger charge is -2.48. The van der Waals surface area contributed by atoms with Gasteiger partial charge in [0.05, 0.1) is 18.8 Å². The molecule has 3 aliphatic rings. The first kappa shape index (κ1) is 24.7. The summed E-state index contributed by atoms with van der Waals surface area (Å²) >= 11 is 1.75. The van der Waals surface area contributed by atoms with E-state index < -0.39 is 0 Å². The molecule has 3 aromatic rings. The molecule has 1 aromatic heterocycles. The maximum Gasteiger partial charge on any atom is 0.184 e. The Hall–Kier alpha value is -1.98. The molecule has 1 aliphatic carbocycles. The minimum absolute atomic E-state index is 0. The number of ketones is 1. The van der Waals surface area contributed by atoms with Crippen molar-refractivity contribution in [3.05, 3.63) is 93.2 Å². The third-order valence-corrected chi connectivity index (χ3v) is 9.53. The molecule has 0 saturated carbocycles. The quantitative estimate of drug-likeness (QED) is 0.379. The highest BCUT2D eigenvalue weighted by molar-refractivity contribution is 7.10. The van der Waals surface area contributed by atoms with E-state index in [2.05, 4.69) is 70.9 Å². The molecule has 2 unspecified atom stereocenters. The van der Waals surface area contributed by atoms with Crippen LogP contribution >= 0.6 is 23.7 Å². The Labute approximate surface area is 218 Å². The van der Waals surface area contributed by atoms with Gasteiger partial charge in [0.15, 0.2) is 5.78 Å². The van der Waals surface area contributed by atoms with Gasteiger partial charge in [-0.05, 0) is 86.2 Å². The van der Waals surface area contributed by atoms with Crippen LogP contribution in [0.4, 0.5) is 0 Å². The number of ether oxygens (including phenoxy) is 1. The van der Waals surface area contributed by atoms with Crippen molar-refractivity contribution in [2.24, 2.45) is 0 Å². The molecule has 3 heterocycles. The number of carbonyl (C=O) groups is 1. The van der Waals surface area contributed by atoms with Crippen LogP contribution in [-0.4, -0.2) is 35.9 Å². The molecule has 35 heavy (non-hydrogen) atoms. The molecule has 0 bridgehead atoms. The number of benzene rings is 2. The summed E-state index contributed by atoms with van der Waals surface area (Å²) in [5.74, 6) is 0.388. The molecule has 2 atom stereocenters. The Balaban J connectivity index is 0.00000253. The SMILES string of the molecule is Cl.O=C1c2ccsc2CCC12CCCCN2CCCC1(c2ccccc2)COCc2ccccc21. The van der Waals surface area contributed by atoms with Crippen molar-refractivity contribution in [2.75, 3.05) is 19.7 Å². The number of nitrogens with zero attached hydrogens (tertiary/aromatic N) is 1. The zero-order valence-electron chi connectivity index (χ0n) is 20.2. The molecule has 2 aromatic carbocycles. The number of rotatable bonds is 5. The van der Waals surface area contributed by atoms with Crippen molar-refractivity contribution >= 4 is 29.5 Å². The Morgan fingerprint density at radius 2 is 1.80 bits per heavy atom. The van der Waals surface area contributed by atoms with Crippen LogP contribution in [0.3, 0.4) is 0 Å². The van der Waals surface area contributed by atoms with E-state index in [1.807, 2.05) is 0 Å². The zero-order chi connectivity index (χ0) is 23.0. The molecule has 1 fully saturated rings. The van der Waals surface area contributed by atoms with E-state index in [0.717, 1.165) is 63.8 Å². The monoisotopic (exact) mass is 507 g/mol. The summed E-state index contributed by atoms with van der Waals surface area (Å²) in [5.41, 5.74) is 4.64. The molecular formula is C30H34ClNO2S. The highest BCUT2D eigenvalue weighted by Crippen LogP contribution is 2.44. The van der Waals surface area contributed by atoms with Crippen molar-refractivity contribution in [1.29, 1.82) is 0 Å². The minimum atomic E-state index is -0.285. The predicted octanol–water partition coefficient (Wildman–Crippen LogP) is 6.82. The summed E-state index contributed by atoms with van der Waals surface area (Å²) in [5, 5.41) is 2.10. The minimum Gasteiger partial charge on any atom is -0.375 e. The van der Waals surface area contributed by atoms with Crippen LogP contribution < -0.4 is 0 Å². The fourth-order valence-corrected chi connectivity index (χ4v) is 7.70. The number of carbonyl (C=O) groups excluding carboxylic acids is 1. The van der Waals surface area contributed by atoms with Gasteiger partial charge in [0.2, 0.25) is 0 Å². The van der Waals surface area contributed by atoms with Crippen LogP contribution in [0, 0.1) is 0 Å². The Kier molecular flexibility index (Phi) is 7.18. The number of aryl methyl sites for hydroxylation is 1. The van der Waals surface area contributed by atoms with Gasteiger partial charge in [-0.2, -0.15) is 0 Å². The van der Waals surface area contributed by atoms with Crippen molar-refractivity contribution in [2.45, 2.75) is 62.5 Å². The normalized spacial score (nSPS) is 26.1. The van der Waals surface area contributed by atoms with Crippen LogP contribution in [0.25, 0.3) is 0 Å². The molecule has 0 radical (unpaired) electrons. The fraction of sp³-hybridized carbons (Fsp3) is 0.433. The van der Waals surface area contributed by atoms with Gasteiger partial charge in [-0.1, -0.05) is 54.6 Å². The largest absolute Gasteiger partial charge is 0.375 e. The van der Waals surface area contributed by atoms with Gasteiger partial charge in [0.25, 0.3) is 0 Å². The van der Waals surface area contributed by atoms with Crippen molar-refractivity contribution in [3.63, 3.8) is 0 Å². The molecule has 3 nitrogen and oxygen atoms in total. The average Bonchev–Trinajstić information content (AvgIpc) is 3.38. The highest BCUT2D eigenvalue weighted by Gasteiger charge is 2.48. The molecule has 6 rings (SSSR count). The van der Waals surface area contributed by atoms with E-state index in [9.17, 15) is 4.79 Å². The van der Waals surface area contributed by atoms with E-state index >= 15 is 0 Å². The summed E-state index contributed by atoms with van der Waals surface area (Å²) < 4.78 is 6.20. The first-order valence-electron chi connectivity index (χ1n) is 12.8. The van der Waals surface area contributed by atoms with Gasteiger partial charge in [-0.3, -0.25) is 9.69 Å². The van der Waals surface area contributed by atoms with Crippen LogP contribution in [0.1, 0.15) is 70.5 Å². The average molecular weight is 508 g/mol. The Morgan fingerprint density at radius 1 is 0.971 bits per heavy atom. The van der Waals surface area contributed by atoms with E-state index in [1.54, 1.807) is 11.3 Å². The third kappa shape index (κ3) is 4.19. The second kappa shape index (κ2) is 10.2. The van der Waals surface area contributed by atoms with Crippen molar-refractivity contribution in [1.82, 2.24) is 4.90 Å². The Morgan fingerprint density at radius 3 is 2.69 bits per heavy atom. The summed E-state index contributed by atoms with van der Waals surface area (Å²) in [6, 6.07) is 21.8. The molecule has 184 valence electrons. The predicted molar refractivity (Wildman–Crippen MR) is 145 cm³/mol. The van der Waals surface area contributed by atoms with Gasteiger partial charge in [-0.25, -0.2) is 0 Å². The van der Waals surface area contributed by atoms with Crippen LogP contribution in [0.5, 0.6) is 0 Å². The number of hydrogen-bond donors (Lipinski definition) is 0. The van der Waals surface area contributed by atoms with Gasteiger partial charge in [0, 0.05) is 15.9 Å². The van der Waals surface area contributed by atoms with Gasteiger partial charge >= 0.3 is 0 Å². The number of Topliss-reactive ketones (excluding diaryl/α,β-unsaturated/α-hetero) is 1. The molecule has 1 spiro atoms. The second-order valence-corrected chi connectivity index (χ2v) is 11.3. The molecule has 2 aliphatic heterocycles. The van der Waals surface area contributed by atoms with Crippen LogP contribution in [0.2, 0.25) is 0 Å². The van der Waals surface area contributed by atoms with Gasteiger partial charge < -0.3 is 4.74 Å². The maximum atomic E-state index is 13.7. The second-order valence-electron chi connectivity index (χ2n) is 10.3. The Bertz CT molecular complexity index is 1180. The third-order valence-electron chi connectivity index (χ3n) is 8.55. The van der Waals surface area contributed by atoms with Gasteiger partial charge in [-0.15, -0.1) is 23.7 Å². The number of fused-ring (bicyclic) bond motifs is 2. The standard InChI is InChI=1S/C30H33NO2S.ClH/c32-28-25-14-20-34-27(25)13-17-30(28)16-6-7-18-31(30)19-8-15-29(24-10-2-1-3-11-24)22-33-21-23-9-4-5-12-26(23)29;/h1-5,9-12,14,20H,6-8,13,15-19,21-22H2;1H. The van der Waals surface area contributed by atoms with E-state index in [-0.39, 0.29) is 23.4 Å². The molecule has 0 N–H and O–H groups in total. The lowest BCUT2D eigenvalue weighted by atomic mass is 9.69. The van der Waals surface area contributed by atoms with E-state index in [1.165, 1.54) is 28.0 Å². The first-order chi connectivity index (χ1) is 16.7. The molecule has 1 saturated heterocycles. The fourth-order valence-electron chi connectivity index (χ4n) is 6.82. The summed E-state index contributed by atoms with van der Waals surface area (Å²) in [6.45, 7) is 3.42. The van der Waals surface area contributed by atoms with E-state index in [0.29, 0.717) is 12.4 Å². The summed E-state index contributed by atoms with van der Waals surface area (Å²) in [7, 11) is 0. The summed E-state index contributed by atoms with van der Waals surface area (Å²) in [6.07, 6.45) is 7.48. The number of thiophene rings is 1.